The molecule has 0 atom stereocenters. The Balaban J connectivity index is 2.09. The van der Waals surface area contributed by atoms with Crippen LogP contribution in [-0.4, -0.2) is 18.1 Å². The predicted molar refractivity (Wildman–Crippen MR) is 80.3 cm³/mol. The molecule has 2 rings (SSSR count). The average molecular weight is 362 g/mol. The first-order chi connectivity index (χ1) is 9.08. The van der Waals surface area contributed by atoms with Crippen molar-refractivity contribution in [2.75, 3.05) is 12.4 Å². The molecule has 100 valence electrons. The van der Waals surface area contributed by atoms with Crippen molar-refractivity contribution in [3.05, 3.63) is 38.8 Å². The van der Waals surface area contributed by atoms with E-state index in [1.54, 1.807) is 6.07 Å². The molecule has 0 fully saturated rings. The summed E-state index contributed by atoms with van der Waals surface area (Å²) in [6.45, 7) is 0. The SMILES string of the molecule is COC(=O)Cc1csc(Nc2ccc(Br)cc2Cl)n1. The van der Waals surface area contributed by atoms with Crippen molar-refractivity contribution in [1.82, 2.24) is 4.98 Å². The molecule has 0 aliphatic rings. The maximum Gasteiger partial charge on any atom is 0.311 e. The molecule has 0 unspecified atom stereocenters. The highest BCUT2D eigenvalue weighted by Crippen LogP contribution is 2.29. The van der Waals surface area contributed by atoms with E-state index in [0.717, 1.165) is 10.2 Å². The molecule has 0 saturated heterocycles. The van der Waals surface area contributed by atoms with Crippen molar-refractivity contribution in [3.8, 4) is 0 Å². The van der Waals surface area contributed by atoms with Gasteiger partial charge in [-0.3, -0.25) is 4.79 Å². The second-order valence-corrected chi connectivity index (χ2v) is 5.83. The molecule has 19 heavy (non-hydrogen) atoms. The molecule has 0 saturated carbocycles. The number of carbonyl (C=O) groups is 1. The minimum atomic E-state index is -0.307. The first-order valence-corrected chi connectivity index (χ1v) is 7.37. The molecular weight excluding hydrogens is 352 g/mol. The van der Waals surface area contributed by atoms with Crippen LogP contribution >= 0.6 is 38.9 Å². The van der Waals surface area contributed by atoms with Gasteiger partial charge < -0.3 is 10.1 Å². The number of rotatable bonds is 4. The zero-order valence-electron chi connectivity index (χ0n) is 9.94. The largest absolute Gasteiger partial charge is 0.469 e. The van der Waals surface area contributed by atoms with E-state index in [1.165, 1.54) is 18.4 Å². The van der Waals surface area contributed by atoms with Crippen LogP contribution in [0.2, 0.25) is 5.02 Å². The number of hydrogen-bond donors (Lipinski definition) is 1. The van der Waals surface area contributed by atoms with Gasteiger partial charge >= 0.3 is 5.97 Å². The van der Waals surface area contributed by atoms with E-state index >= 15 is 0 Å². The van der Waals surface area contributed by atoms with Gasteiger partial charge in [0, 0.05) is 9.85 Å². The molecule has 1 N–H and O–H groups in total. The molecule has 7 heteroatoms. The van der Waals surface area contributed by atoms with Crippen LogP contribution < -0.4 is 5.32 Å². The van der Waals surface area contributed by atoms with E-state index in [4.69, 9.17) is 11.6 Å². The lowest BCUT2D eigenvalue weighted by Crippen LogP contribution is -2.04. The fraction of sp³-hybridized carbons (Fsp3) is 0.167. The highest BCUT2D eigenvalue weighted by atomic mass is 79.9. The molecule has 2 aromatic rings. The third-order valence-corrected chi connectivity index (χ3v) is 3.89. The molecule has 0 aliphatic carbocycles. The molecule has 1 aromatic heterocycles. The van der Waals surface area contributed by atoms with Gasteiger partial charge in [-0.25, -0.2) is 4.98 Å². The fourth-order valence-corrected chi connectivity index (χ4v) is 2.81. The van der Waals surface area contributed by atoms with Gasteiger partial charge in [0.2, 0.25) is 0 Å². The number of hydrogen-bond acceptors (Lipinski definition) is 5. The van der Waals surface area contributed by atoms with Crippen molar-refractivity contribution in [2.24, 2.45) is 0 Å². The minimum absolute atomic E-state index is 0.169. The molecule has 0 radical (unpaired) electrons. The number of halogens is 2. The summed E-state index contributed by atoms with van der Waals surface area (Å²) < 4.78 is 5.50. The number of esters is 1. The number of benzene rings is 1. The normalized spacial score (nSPS) is 10.3. The number of methoxy groups -OCH3 is 1. The maximum absolute atomic E-state index is 11.1. The highest BCUT2D eigenvalue weighted by Gasteiger charge is 2.09. The van der Waals surface area contributed by atoms with E-state index in [9.17, 15) is 4.79 Å². The molecule has 0 aliphatic heterocycles. The Morgan fingerprint density at radius 2 is 2.37 bits per heavy atom. The Morgan fingerprint density at radius 1 is 1.58 bits per heavy atom. The Hall–Kier alpha value is -1.11. The van der Waals surface area contributed by atoms with Crippen LogP contribution in [0.15, 0.2) is 28.1 Å². The minimum Gasteiger partial charge on any atom is -0.469 e. The third-order valence-electron chi connectivity index (χ3n) is 2.28. The standard InChI is InChI=1S/C12H10BrClN2O2S/c1-18-11(17)5-8-6-19-12(15-8)16-10-3-2-7(13)4-9(10)14/h2-4,6H,5H2,1H3,(H,15,16). The zero-order chi connectivity index (χ0) is 13.8. The first-order valence-electron chi connectivity index (χ1n) is 5.32. The summed E-state index contributed by atoms with van der Waals surface area (Å²) in [4.78, 5) is 15.4. The predicted octanol–water partition coefficient (Wildman–Crippen LogP) is 4.02. The Morgan fingerprint density at radius 3 is 3.05 bits per heavy atom. The molecule has 0 bridgehead atoms. The summed E-state index contributed by atoms with van der Waals surface area (Å²) in [5, 5.41) is 6.20. The van der Waals surface area contributed by atoms with Gasteiger partial charge in [-0.05, 0) is 18.2 Å². The van der Waals surface area contributed by atoms with E-state index in [0.29, 0.717) is 15.8 Å². The summed E-state index contributed by atoms with van der Waals surface area (Å²) in [7, 11) is 1.36. The van der Waals surface area contributed by atoms with E-state index in [2.05, 4.69) is 31.0 Å². The van der Waals surface area contributed by atoms with Crippen molar-refractivity contribution in [2.45, 2.75) is 6.42 Å². The number of nitrogens with zero attached hydrogens (tertiary/aromatic N) is 1. The third kappa shape index (κ3) is 3.92. The van der Waals surface area contributed by atoms with Crippen LogP contribution in [0.3, 0.4) is 0 Å². The molecular formula is C12H10BrClN2O2S. The van der Waals surface area contributed by atoms with Gasteiger partial charge in [0.1, 0.15) is 0 Å². The van der Waals surface area contributed by atoms with E-state index in [1.807, 2.05) is 17.5 Å². The zero-order valence-corrected chi connectivity index (χ0v) is 13.1. The van der Waals surface area contributed by atoms with Crippen LogP contribution in [0.25, 0.3) is 0 Å². The average Bonchev–Trinajstić information content (AvgIpc) is 2.80. The lowest BCUT2D eigenvalue weighted by atomic mass is 10.3. The van der Waals surface area contributed by atoms with Gasteiger partial charge in [0.15, 0.2) is 5.13 Å². The summed E-state index contributed by atoms with van der Waals surface area (Å²) in [6.07, 6.45) is 0.169. The maximum atomic E-state index is 11.1. The van der Waals surface area contributed by atoms with E-state index in [-0.39, 0.29) is 12.4 Å². The van der Waals surface area contributed by atoms with Crippen LogP contribution in [0.5, 0.6) is 0 Å². The lowest BCUT2D eigenvalue weighted by Gasteiger charge is -2.05. The Labute approximate surface area is 127 Å². The van der Waals surface area contributed by atoms with Crippen molar-refractivity contribution in [3.63, 3.8) is 0 Å². The molecule has 4 nitrogen and oxygen atoms in total. The monoisotopic (exact) mass is 360 g/mol. The molecule has 1 heterocycles. The Kier molecular flexibility index (Phi) is 4.79. The summed E-state index contributed by atoms with van der Waals surface area (Å²) >= 11 is 10.9. The molecule has 1 aromatic carbocycles. The number of thiazole rings is 1. The van der Waals surface area contributed by atoms with Crippen LogP contribution in [0, 0.1) is 0 Å². The van der Waals surface area contributed by atoms with E-state index < -0.39 is 0 Å². The van der Waals surface area contributed by atoms with Gasteiger partial charge in [-0.2, -0.15) is 0 Å². The Bertz CT molecular complexity index is 603. The van der Waals surface area contributed by atoms with Crippen molar-refractivity contribution in [1.29, 1.82) is 0 Å². The van der Waals surface area contributed by atoms with Gasteiger partial charge in [-0.15, -0.1) is 11.3 Å². The first kappa shape index (κ1) is 14.3. The topological polar surface area (TPSA) is 51.2 Å². The van der Waals surface area contributed by atoms with Gasteiger partial charge in [-0.1, -0.05) is 27.5 Å². The smallest absolute Gasteiger partial charge is 0.311 e. The summed E-state index contributed by atoms with van der Waals surface area (Å²) in [5.41, 5.74) is 1.44. The summed E-state index contributed by atoms with van der Waals surface area (Å²) in [6, 6.07) is 5.54. The van der Waals surface area contributed by atoms with Gasteiger partial charge in [0.25, 0.3) is 0 Å². The number of aromatic nitrogens is 1. The fourth-order valence-electron chi connectivity index (χ4n) is 1.37. The summed E-state index contributed by atoms with van der Waals surface area (Å²) in [5.74, 6) is -0.307. The highest BCUT2D eigenvalue weighted by molar-refractivity contribution is 9.10. The number of anilines is 2. The number of nitrogens with one attached hydrogen (secondary N) is 1. The van der Waals surface area contributed by atoms with Crippen LogP contribution in [0.1, 0.15) is 5.69 Å². The second-order valence-electron chi connectivity index (χ2n) is 3.65. The van der Waals surface area contributed by atoms with Crippen LogP contribution in [-0.2, 0) is 16.0 Å². The number of ether oxygens (including phenoxy) is 1. The van der Waals surface area contributed by atoms with Crippen molar-refractivity contribution < 1.29 is 9.53 Å². The second kappa shape index (κ2) is 6.36. The molecule has 0 spiro atoms. The molecule has 0 amide bonds. The lowest BCUT2D eigenvalue weighted by molar-refractivity contribution is -0.139. The quantitative estimate of drug-likeness (QED) is 0.836. The van der Waals surface area contributed by atoms with Crippen molar-refractivity contribution >= 4 is 55.7 Å². The van der Waals surface area contributed by atoms with Gasteiger partial charge in [0.05, 0.1) is 29.9 Å². The number of carbonyl (C=O) groups excluding carboxylic acids is 1. The van der Waals surface area contributed by atoms with Crippen LogP contribution in [0.4, 0.5) is 10.8 Å².